The average Bonchev–Trinajstić information content (AvgIpc) is 2.90. The minimum absolute atomic E-state index is 0.0176. The first-order chi connectivity index (χ1) is 8.72. The van der Waals surface area contributed by atoms with Gasteiger partial charge in [-0.1, -0.05) is 24.3 Å². The van der Waals surface area contributed by atoms with E-state index >= 15 is 0 Å². The van der Waals surface area contributed by atoms with Gasteiger partial charge < -0.3 is 9.52 Å². The third kappa shape index (κ3) is 2.81. The van der Waals surface area contributed by atoms with Gasteiger partial charge in [0.2, 0.25) is 0 Å². The van der Waals surface area contributed by atoms with Crippen LogP contribution in [0.25, 0.3) is 0 Å². The Morgan fingerprint density at radius 3 is 2.61 bits per heavy atom. The highest BCUT2D eigenvalue weighted by Gasteiger charge is 2.17. The van der Waals surface area contributed by atoms with Crippen molar-refractivity contribution in [2.24, 2.45) is 0 Å². The van der Waals surface area contributed by atoms with Gasteiger partial charge in [0.15, 0.2) is 0 Å². The van der Waals surface area contributed by atoms with Crippen molar-refractivity contribution in [3.63, 3.8) is 0 Å². The Morgan fingerprint density at radius 2 is 2.00 bits per heavy atom. The molecule has 0 spiro atoms. The lowest BCUT2D eigenvalue weighted by molar-refractivity contribution is 0.217. The summed E-state index contributed by atoms with van der Waals surface area (Å²) in [7, 11) is 0. The lowest BCUT2D eigenvalue weighted by Gasteiger charge is -2.21. The quantitative estimate of drug-likeness (QED) is 0.851. The standard InChI is InChI=1S/C15H19NO2/c1-11-6-3-4-7-13(11)12(2)16-14(10-17)15-8-5-9-18-15/h3-9,12,14,16-17H,10H2,1-2H3. The highest BCUT2D eigenvalue weighted by atomic mass is 16.3. The zero-order valence-corrected chi connectivity index (χ0v) is 10.8. The summed E-state index contributed by atoms with van der Waals surface area (Å²) in [6.07, 6.45) is 1.62. The monoisotopic (exact) mass is 245 g/mol. The van der Waals surface area contributed by atoms with Gasteiger partial charge in [0.05, 0.1) is 18.9 Å². The van der Waals surface area contributed by atoms with Gasteiger partial charge in [-0.25, -0.2) is 0 Å². The highest BCUT2D eigenvalue weighted by Crippen LogP contribution is 2.21. The van der Waals surface area contributed by atoms with Crippen molar-refractivity contribution in [2.75, 3.05) is 6.61 Å². The number of hydrogen-bond donors (Lipinski definition) is 2. The number of nitrogens with one attached hydrogen (secondary N) is 1. The van der Waals surface area contributed by atoms with Crippen LogP contribution in [0.2, 0.25) is 0 Å². The fraction of sp³-hybridized carbons (Fsp3) is 0.333. The molecular weight excluding hydrogens is 226 g/mol. The number of furan rings is 1. The second-order valence-electron chi connectivity index (χ2n) is 4.50. The Morgan fingerprint density at radius 1 is 1.22 bits per heavy atom. The van der Waals surface area contributed by atoms with Crippen LogP contribution in [0.3, 0.4) is 0 Å². The van der Waals surface area contributed by atoms with Crippen LogP contribution in [-0.4, -0.2) is 11.7 Å². The molecule has 0 saturated heterocycles. The Kier molecular flexibility index (Phi) is 4.18. The number of benzene rings is 1. The largest absolute Gasteiger partial charge is 0.468 e. The molecule has 1 aromatic carbocycles. The van der Waals surface area contributed by atoms with Gasteiger partial charge in [-0.2, -0.15) is 0 Å². The first kappa shape index (κ1) is 12.9. The molecule has 18 heavy (non-hydrogen) atoms. The van der Waals surface area contributed by atoms with E-state index in [1.165, 1.54) is 11.1 Å². The van der Waals surface area contributed by atoms with Gasteiger partial charge in [-0.15, -0.1) is 0 Å². The van der Waals surface area contributed by atoms with Crippen LogP contribution < -0.4 is 5.32 Å². The minimum Gasteiger partial charge on any atom is -0.468 e. The topological polar surface area (TPSA) is 45.4 Å². The highest BCUT2D eigenvalue weighted by molar-refractivity contribution is 5.28. The molecule has 0 radical (unpaired) electrons. The molecular formula is C15H19NO2. The number of aliphatic hydroxyl groups is 1. The van der Waals surface area contributed by atoms with Crippen molar-refractivity contribution in [3.8, 4) is 0 Å². The molecule has 0 aliphatic carbocycles. The summed E-state index contributed by atoms with van der Waals surface area (Å²) in [5.41, 5.74) is 2.48. The van der Waals surface area contributed by atoms with Crippen LogP contribution in [0.15, 0.2) is 47.1 Å². The molecule has 96 valence electrons. The van der Waals surface area contributed by atoms with Gasteiger partial charge in [-0.05, 0) is 37.1 Å². The Hall–Kier alpha value is -1.58. The zero-order chi connectivity index (χ0) is 13.0. The molecule has 2 atom stereocenters. The van der Waals surface area contributed by atoms with E-state index in [0.29, 0.717) is 0 Å². The number of rotatable bonds is 5. The van der Waals surface area contributed by atoms with E-state index in [2.05, 4.69) is 31.3 Å². The average molecular weight is 245 g/mol. The molecule has 3 nitrogen and oxygen atoms in total. The van der Waals surface area contributed by atoms with Crippen molar-refractivity contribution in [2.45, 2.75) is 25.9 Å². The van der Waals surface area contributed by atoms with Crippen LogP contribution in [0.1, 0.15) is 35.9 Å². The van der Waals surface area contributed by atoms with E-state index in [4.69, 9.17) is 4.42 Å². The van der Waals surface area contributed by atoms with Gasteiger partial charge in [0.1, 0.15) is 5.76 Å². The fourth-order valence-electron chi connectivity index (χ4n) is 2.18. The smallest absolute Gasteiger partial charge is 0.123 e. The number of aryl methyl sites for hydroxylation is 1. The SMILES string of the molecule is Cc1ccccc1C(C)NC(CO)c1ccco1. The molecule has 0 aliphatic heterocycles. The molecule has 2 rings (SSSR count). The zero-order valence-electron chi connectivity index (χ0n) is 10.8. The second kappa shape index (κ2) is 5.85. The maximum Gasteiger partial charge on any atom is 0.123 e. The molecule has 0 bridgehead atoms. The predicted octanol–water partition coefficient (Wildman–Crippen LogP) is 2.97. The van der Waals surface area contributed by atoms with E-state index in [1.807, 2.05) is 24.3 Å². The number of aliphatic hydroxyl groups excluding tert-OH is 1. The lowest BCUT2D eigenvalue weighted by Crippen LogP contribution is -2.27. The van der Waals surface area contributed by atoms with Crippen molar-refractivity contribution in [3.05, 3.63) is 59.5 Å². The first-order valence-electron chi connectivity index (χ1n) is 6.18. The van der Waals surface area contributed by atoms with Crippen LogP contribution in [0.4, 0.5) is 0 Å². The third-order valence-corrected chi connectivity index (χ3v) is 3.18. The summed E-state index contributed by atoms with van der Waals surface area (Å²) in [5, 5.41) is 12.8. The van der Waals surface area contributed by atoms with Gasteiger partial charge in [0.25, 0.3) is 0 Å². The molecule has 2 N–H and O–H groups in total. The van der Waals surface area contributed by atoms with Crippen molar-refractivity contribution >= 4 is 0 Å². The maximum atomic E-state index is 9.44. The van der Waals surface area contributed by atoms with Crippen molar-refractivity contribution in [1.82, 2.24) is 5.32 Å². The van der Waals surface area contributed by atoms with Gasteiger partial charge in [0, 0.05) is 6.04 Å². The molecule has 1 aromatic heterocycles. The Balaban J connectivity index is 2.11. The molecule has 3 heteroatoms. The predicted molar refractivity (Wildman–Crippen MR) is 71.3 cm³/mol. The summed E-state index contributed by atoms with van der Waals surface area (Å²) in [4.78, 5) is 0. The normalized spacial score (nSPS) is 14.4. The van der Waals surface area contributed by atoms with Gasteiger partial charge in [-0.3, -0.25) is 5.32 Å². The van der Waals surface area contributed by atoms with Crippen LogP contribution in [0.5, 0.6) is 0 Å². The number of hydrogen-bond acceptors (Lipinski definition) is 3. The molecule has 0 saturated carbocycles. The summed E-state index contributed by atoms with van der Waals surface area (Å²) >= 11 is 0. The summed E-state index contributed by atoms with van der Waals surface area (Å²) in [5.74, 6) is 0.762. The molecule has 0 amide bonds. The lowest BCUT2D eigenvalue weighted by atomic mass is 10.0. The fourth-order valence-corrected chi connectivity index (χ4v) is 2.18. The molecule has 1 heterocycles. The molecule has 0 aliphatic rings. The summed E-state index contributed by atoms with van der Waals surface area (Å²) < 4.78 is 5.33. The summed E-state index contributed by atoms with van der Waals surface area (Å²) in [6, 6.07) is 11.9. The molecule has 2 aromatic rings. The van der Waals surface area contributed by atoms with Crippen LogP contribution >= 0.6 is 0 Å². The third-order valence-electron chi connectivity index (χ3n) is 3.18. The van der Waals surface area contributed by atoms with Crippen molar-refractivity contribution < 1.29 is 9.52 Å². The molecule has 2 unspecified atom stereocenters. The van der Waals surface area contributed by atoms with Gasteiger partial charge >= 0.3 is 0 Å². The first-order valence-corrected chi connectivity index (χ1v) is 6.18. The molecule has 0 fully saturated rings. The second-order valence-corrected chi connectivity index (χ2v) is 4.50. The van der Waals surface area contributed by atoms with Crippen LogP contribution in [0, 0.1) is 6.92 Å². The maximum absolute atomic E-state index is 9.44. The van der Waals surface area contributed by atoms with Crippen LogP contribution in [-0.2, 0) is 0 Å². The van der Waals surface area contributed by atoms with E-state index in [9.17, 15) is 5.11 Å². The summed E-state index contributed by atoms with van der Waals surface area (Å²) in [6.45, 7) is 4.20. The van der Waals surface area contributed by atoms with E-state index in [1.54, 1.807) is 6.26 Å². The van der Waals surface area contributed by atoms with E-state index in [-0.39, 0.29) is 18.7 Å². The minimum atomic E-state index is -0.172. The Bertz CT molecular complexity index is 479. The van der Waals surface area contributed by atoms with Crippen molar-refractivity contribution in [1.29, 1.82) is 0 Å². The van der Waals surface area contributed by atoms with E-state index < -0.39 is 0 Å². The Labute approximate surface area is 107 Å². The van der Waals surface area contributed by atoms with E-state index in [0.717, 1.165) is 5.76 Å².